The van der Waals surface area contributed by atoms with Crippen LogP contribution in [0.2, 0.25) is 0 Å². The first-order chi connectivity index (χ1) is 10.6. The van der Waals surface area contributed by atoms with Crippen LogP contribution in [0.3, 0.4) is 0 Å². The first-order valence-corrected chi connectivity index (χ1v) is 6.74. The van der Waals surface area contributed by atoms with Gasteiger partial charge in [-0.3, -0.25) is 14.6 Å². The topological polar surface area (TPSA) is 92.2 Å². The van der Waals surface area contributed by atoms with E-state index in [-0.39, 0.29) is 5.69 Å². The number of aromatic nitrogens is 2. The fourth-order valence-corrected chi connectivity index (χ4v) is 2.18. The molecule has 1 atom stereocenters. The number of rotatable bonds is 3. The molecule has 2 heterocycles. The molecule has 0 fully saturated rings. The van der Waals surface area contributed by atoms with E-state index in [0.29, 0.717) is 11.0 Å². The highest BCUT2D eigenvalue weighted by atomic mass is 16.4. The number of aliphatic carboxylic acids is 1. The lowest BCUT2D eigenvalue weighted by Crippen LogP contribution is -2.38. The Bertz CT molecular complexity index is 892. The van der Waals surface area contributed by atoms with Crippen molar-refractivity contribution >= 4 is 33.7 Å². The summed E-state index contributed by atoms with van der Waals surface area (Å²) in [5.74, 6) is -1.62. The number of nitrogens with one attached hydrogen (secondary N) is 1. The number of hydrogen-bond donors (Lipinski definition) is 2. The molecule has 0 aliphatic rings. The molecular formula is C16H13N3O3. The summed E-state index contributed by atoms with van der Waals surface area (Å²) in [5, 5.41) is 13.0. The number of amides is 1. The second-order valence-electron chi connectivity index (χ2n) is 4.94. The second kappa shape index (κ2) is 5.40. The molecule has 110 valence electrons. The van der Waals surface area contributed by atoms with Crippen molar-refractivity contribution in [2.75, 3.05) is 0 Å². The van der Waals surface area contributed by atoms with E-state index in [9.17, 15) is 9.59 Å². The Kier molecular flexibility index (Phi) is 3.42. The molecule has 0 aliphatic carbocycles. The number of hydrogen-bond acceptors (Lipinski definition) is 4. The van der Waals surface area contributed by atoms with Gasteiger partial charge in [0.2, 0.25) is 0 Å². The van der Waals surface area contributed by atoms with Crippen molar-refractivity contribution < 1.29 is 14.7 Å². The fraction of sp³-hybridized carbons (Fsp3) is 0.125. The Hall–Kier alpha value is -3.02. The molecule has 2 aromatic heterocycles. The van der Waals surface area contributed by atoms with Crippen molar-refractivity contribution in [3.8, 4) is 0 Å². The van der Waals surface area contributed by atoms with Crippen molar-refractivity contribution in [3.05, 3.63) is 48.3 Å². The zero-order valence-electron chi connectivity index (χ0n) is 11.8. The van der Waals surface area contributed by atoms with Gasteiger partial charge in [0, 0.05) is 17.0 Å². The van der Waals surface area contributed by atoms with Gasteiger partial charge in [-0.25, -0.2) is 4.98 Å². The lowest BCUT2D eigenvalue weighted by atomic mass is 10.1. The van der Waals surface area contributed by atoms with Crippen LogP contribution in [-0.4, -0.2) is 33.0 Å². The third kappa shape index (κ3) is 2.46. The molecule has 3 rings (SSSR count). The van der Waals surface area contributed by atoms with Gasteiger partial charge >= 0.3 is 5.97 Å². The molecule has 6 nitrogen and oxygen atoms in total. The van der Waals surface area contributed by atoms with Crippen LogP contribution in [0, 0.1) is 0 Å². The normalized spacial score (nSPS) is 12.2. The van der Waals surface area contributed by atoms with Crippen molar-refractivity contribution in [2.24, 2.45) is 0 Å². The van der Waals surface area contributed by atoms with Crippen molar-refractivity contribution in [2.45, 2.75) is 13.0 Å². The summed E-state index contributed by atoms with van der Waals surface area (Å²) in [4.78, 5) is 31.5. The van der Waals surface area contributed by atoms with Gasteiger partial charge in [-0.15, -0.1) is 0 Å². The summed E-state index contributed by atoms with van der Waals surface area (Å²) in [7, 11) is 0. The molecular weight excluding hydrogens is 282 g/mol. The lowest BCUT2D eigenvalue weighted by molar-refractivity contribution is -0.138. The lowest BCUT2D eigenvalue weighted by Gasteiger charge is -2.09. The number of carboxylic acids is 1. The summed E-state index contributed by atoms with van der Waals surface area (Å²) in [6, 6.07) is 9.97. The molecule has 0 unspecified atom stereocenters. The van der Waals surface area contributed by atoms with Gasteiger partial charge in [0.1, 0.15) is 11.7 Å². The summed E-state index contributed by atoms with van der Waals surface area (Å²) in [6.07, 6.45) is 1.67. The Morgan fingerprint density at radius 1 is 1.09 bits per heavy atom. The predicted octanol–water partition coefficient (Wildman–Crippen LogP) is 1.99. The number of carbonyl (C=O) groups is 2. The van der Waals surface area contributed by atoms with E-state index in [1.807, 2.05) is 24.3 Å². The van der Waals surface area contributed by atoms with Crippen LogP contribution in [0.25, 0.3) is 21.8 Å². The van der Waals surface area contributed by atoms with Crippen molar-refractivity contribution in [3.63, 3.8) is 0 Å². The Labute approximate surface area is 125 Å². The van der Waals surface area contributed by atoms with Gasteiger partial charge in [0.25, 0.3) is 5.91 Å². The second-order valence-corrected chi connectivity index (χ2v) is 4.94. The first kappa shape index (κ1) is 13.9. The molecule has 1 aromatic carbocycles. The maximum absolute atomic E-state index is 12.1. The van der Waals surface area contributed by atoms with Gasteiger partial charge in [-0.1, -0.05) is 24.3 Å². The van der Waals surface area contributed by atoms with Crippen molar-refractivity contribution in [1.29, 1.82) is 0 Å². The molecule has 3 aromatic rings. The summed E-state index contributed by atoms with van der Waals surface area (Å²) in [6.45, 7) is 1.40. The number of pyridine rings is 2. The molecule has 1 amide bonds. The molecule has 0 saturated carbocycles. The number of nitrogens with zero attached hydrogens (tertiary/aromatic N) is 2. The van der Waals surface area contributed by atoms with Crippen molar-refractivity contribution in [1.82, 2.24) is 15.3 Å². The highest BCUT2D eigenvalue weighted by Crippen LogP contribution is 2.22. The van der Waals surface area contributed by atoms with Gasteiger partial charge in [0.05, 0.1) is 11.0 Å². The third-order valence-electron chi connectivity index (χ3n) is 3.38. The molecule has 2 N–H and O–H groups in total. The fourth-order valence-electron chi connectivity index (χ4n) is 2.18. The summed E-state index contributed by atoms with van der Waals surface area (Å²) < 4.78 is 0. The highest BCUT2D eigenvalue weighted by Gasteiger charge is 2.16. The van der Waals surface area contributed by atoms with Crippen LogP contribution in [0.4, 0.5) is 0 Å². The van der Waals surface area contributed by atoms with Gasteiger partial charge in [-0.05, 0) is 19.1 Å². The molecule has 6 heteroatoms. The van der Waals surface area contributed by atoms with Crippen LogP contribution >= 0.6 is 0 Å². The first-order valence-electron chi connectivity index (χ1n) is 6.74. The Morgan fingerprint density at radius 3 is 2.50 bits per heavy atom. The number of carbonyl (C=O) groups excluding carboxylic acids is 1. The molecule has 0 saturated heterocycles. The SMILES string of the molecule is C[C@H](NC(=O)c1ccc2ccc3cccnc3c2n1)C(=O)O. The number of benzene rings is 1. The third-order valence-corrected chi connectivity index (χ3v) is 3.38. The van der Waals surface area contributed by atoms with E-state index < -0.39 is 17.9 Å². The minimum absolute atomic E-state index is 0.166. The van der Waals surface area contributed by atoms with E-state index in [1.54, 1.807) is 18.3 Å². The molecule has 0 radical (unpaired) electrons. The van der Waals surface area contributed by atoms with Gasteiger partial charge in [0.15, 0.2) is 0 Å². The zero-order chi connectivity index (χ0) is 15.7. The average molecular weight is 295 g/mol. The van der Waals surface area contributed by atoms with E-state index in [4.69, 9.17) is 5.11 Å². The monoisotopic (exact) mass is 295 g/mol. The predicted molar refractivity (Wildman–Crippen MR) is 81.6 cm³/mol. The van der Waals surface area contributed by atoms with Gasteiger partial charge in [-0.2, -0.15) is 0 Å². The van der Waals surface area contributed by atoms with E-state index in [2.05, 4.69) is 15.3 Å². The summed E-state index contributed by atoms with van der Waals surface area (Å²) in [5.41, 5.74) is 1.49. The minimum Gasteiger partial charge on any atom is -0.480 e. The van der Waals surface area contributed by atoms with Crippen LogP contribution in [0.5, 0.6) is 0 Å². The highest BCUT2D eigenvalue weighted by molar-refractivity contribution is 6.05. The van der Waals surface area contributed by atoms with Crippen LogP contribution in [0.15, 0.2) is 42.6 Å². The van der Waals surface area contributed by atoms with Crippen LogP contribution in [0.1, 0.15) is 17.4 Å². The number of fused-ring (bicyclic) bond motifs is 3. The Balaban J connectivity index is 2.07. The Morgan fingerprint density at radius 2 is 1.77 bits per heavy atom. The maximum Gasteiger partial charge on any atom is 0.325 e. The van der Waals surface area contributed by atoms with E-state index in [1.165, 1.54) is 6.92 Å². The standard InChI is InChI=1S/C16H13N3O3/c1-9(16(21)22)18-15(20)12-7-6-11-5-4-10-3-2-8-17-13(10)14(11)19-12/h2-9H,1H3,(H,18,20)(H,21,22)/t9-/m0/s1. The molecule has 0 bridgehead atoms. The smallest absolute Gasteiger partial charge is 0.325 e. The minimum atomic E-state index is -1.10. The number of carboxylic acid groups (broad SMARTS) is 1. The van der Waals surface area contributed by atoms with Crippen LogP contribution in [-0.2, 0) is 4.79 Å². The van der Waals surface area contributed by atoms with Crippen LogP contribution < -0.4 is 5.32 Å². The quantitative estimate of drug-likeness (QED) is 0.721. The van der Waals surface area contributed by atoms with E-state index >= 15 is 0 Å². The van der Waals surface area contributed by atoms with E-state index in [0.717, 1.165) is 10.8 Å². The molecule has 0 aliphatic heterocycles. The molecule has 22 heavy (non-hydrogen) atoms. The summed E-state index contributed by atoms with van der Waals surface area (Å²) >= 11 is 0. The zero-order valence-corrected chi connectivity index (χ0v) is 11.8. The maximum atomic E-state index is 12.1. The largest absolute Gasteiger partial charge is 0.480 e. The van der Waals surface area contributed by atoms with Gasteiger partial charge < -0.3 is 10.4 Å². The average Bonchev–Trinajstić information content (AvgIpc) is 2.54. The molecule has 0 spiro atoms.